The van der Waals surface area contributed by atoms with Crippen molar-refractivity contribution in [1.82, 2.24) is 19.9 Å². The minimum Gasteiger partial charge on any atom is -0.353 e. The number of pyridine rings is 1. The van der Waals surface area contributed by atoms with Gasteiger partial charge < -0.3 is 15.1 Å². The molecule has 0 saturated carbocycles. The molecule has 1 amide bonds. The van der Waals surface area contributed by atoms with Crippen molar-refractivity contribution in [3.05, 3.63) is 41.9 Å². The molecule has 3 rings (SSSR count). The van der Waals surface area contributed by atoms with E-state index in [9.17, 15) is 4.79 Å². The van der Waals surface area contributed by atoms with Crippen LogP contribution in [0.1, 0.15) is 17.8 Å². The molecule has 0 radical (unpaired) electrons. The maximum atomic E-state index is 13.2. The molecular weight excluding hydrogens is 372 g/mol. The molecule has 1 atom stereocenters. The molecule has 8 heteroatoms. The van der Waals surface area contributed by atoms with Crippen LogP contribution in [0.3, 0.4) is 0 Å². The van der Waals surface area contributed by atoms with Crippen LogP contribution in [0.2, 0.25) is 0 Å². The van der Waals surface area contributed by atoms with Crippen LogP contribution in [0.25, 0.3) is 0 Å². The van der Waals surface area contributed by atoms with Crippen LogP contribution in [-0.2, 0) is 4.79 Å². The Morgan fingerprint density at radius 1 is 1.18 bits per heavy atom. The van der Waals surface area contributed by atoms with Crippen LogP contribution in [0.15, 0.2) is 30.5 Å². The molecule has 2 aromatic rings. The summed E-state index contributed by atoms with van der Waals surface area (Å²) in [7, 11) is 0. The van der Waals surface area contributed by atoms with Gasteiger partial charge in [-0.15, -0.1) is 0 Å². The fraction of sp³-hybridized carbons (Fsp3) is 0.500. The number of carbonyl (C=O) groups is 1. The zero-order valence-electron chi connectivity index (χ0n) is 16.8. The van der Waals surface area contributed by atoms with Gasteiger partial charge in [-0.2, -0.15) is 11.8 Å². The van der Waals surface area contributed by atoms with E-state index in [1.807, 2.05) is 43.0 Å². The lowest BCUT2D eigenvalue weighted by Crippen LogP contribution is -2.53. The average molecular weight is 401 g/mol. The maximum absolute atomic E-state index is 13.2. The molecule has 7 nitrogen and oxygen atoms in total. The number of hydrogen-bond donors (Lipinski definition) is 1. The molecule has 3 heterocycles. The van der Waals surface area contributed by atoms with Crippen molar-refractivity contribution in [2.45, 2.75) is 26.3 Å². The Labute approximate surface area is 171 Å². The van der Waals surface area contributed by atoms with Crippen LogP contribution in [0.4, 0.5) is 11.8 Å². The molecule has 0 aromatic carbocycles. The van der Waals surface area contributed by atoms with E-state index in [-0.39, 0.29) is 11.9 Å². The zero-order chi connectivity index (χ0) is 19.9. The molecule has 1 N–H and O–H groups in total. The van der Waals surface area contributed by atoms with E-state index in [1.54, 1.807) is 18.0 Å². The lowest BCUT2D eigenvalue weighted by molar-refractivity contribution is -0.132. The van der Waals surface area contributed by atoms with E-state index in [1.165, 1.54) is 0 Å². The van der Waals surface area contributed by atoms with Gasteiger partial charge in [0.2, 0.25) is 11.9 Å². The van der Waals surface area contributed by atoms with Gasteiger partial charge in [0.05, 0.1) is 0 Å². The lowest BCUT2D eigenvalue weighted by Gasteiger charge is -2.37. The van der Waals surface area contributed by atoms with Crippen molar-refractivity contribution < 1.29 is 4.79 Å². The van der Waals surface area contributed by atoms with Crippen molar-refractivity contribution in [3.8, 4) is 0 Å². The van der Waals surface area contributed by atoms with Crippen molar-refractivity contribution >= 4 is 29.4 Å². The number of amides is 1. The summed E-state index contributed by atoms with van der Waals surface area (Å²) in [4.78, 5) is 30.7. The highest BCUT2D eigenvalue weighted by Crippen LogP contribution is 2.16. The van der Waals surface area contributed by atoms with Crippen LogP contribution in [-0.4, -0.2) is 70.0 Å². The first-order chi connectivity index (χ1) is 13.6. The normalized spacial score (nSPS) is 15.4. The van der Waals surface area contributed by atoms with Gasteiger partial charge in [-0.05, 0) is 50.5 Å². The summed E-state index contributed by atoms with van der Waals surface area (Å²) < 4.78 is 0. The quantitative estimate of drug-likeness (QED) is 0.765. The third-order valence-electron chi connectivity index (χ3n) is 4.76. The highest BCUT2D eigenvalue weighted by Gasteiger charge is 2.28. The smallest absolute Gasteiger partial charge is 0.245 e. The Bertz CT molecular complexity index is 759. The van der Waals surface area contributed by atoms with Gasteiger partial charge in [-0.25, -0.2) is 15.0 Å². The molecule has 1 saturated heterocycles. The average Bonchev–Trinajstić information content (AvgIpc) is 2.70. The predicted octanol–water partition coefficient (Wildman–Crippen LogP) is 2.37. The number of aromatic nitrogens is 3. The van der Waals surface area contributed by atoms with Gasteiger partial charge in [0.25, 0.3) is 0 Å². The van der Waals surface area contributed by atoms with Crippen molar-refractivity contribution in [2.24, 2.45) is 0 Å². The number of carbonyl (C=O) groups excluding carboxylic acids is 1. The number of hydrogen-bond acceptors (Lipinski definition) is 7. The molecular formula is C20H28N6OS. The van der Waals surface area contributed by atoms with Gasteiger partial charge in [-0.3, -0.25) is 4.79 Å². The van der Waals surface area contributed by atoms with Crippen LogP contribution in [0.5, 0.6) is 0 Å². The topological polar surface area (TPSA) is 74.2 Å². The minimum absolute atomic E-state index is 0.123. The van der Waals surface area contributed by atoms with Gasteiger partial charge in [0.1, 0.15) is 11.9 Å². The fourth-order valence-corrected chi connectivity index (χ4v) is 3.83. The lowest BCUT2D eigenvalue weighted by atomic mass is 10.1. The summed E-state index contributed by atoms with van der Waals surface area (Å²) >= 11 is 1.74. The summed E-state index contributed by atoms with van der Waals surface area (Å²) in [5.41, 5.74) is 1.80. The standard InChI is InChI=1S/C20H28N6OS/c1-15-14-16(2)23-20(22-15)24-17(7-13-28-3)19(27)26-11-9-25(10-12-26)18-6-4-5-8-21-18/h4-6,8,14,17H,7,9-13H2,1-3H3,(H,22,23,24)/t17-/m1/s1. The van der Waals surface area contributed by atoms with Crippen molar-refractivity contribution in [2.75, 3.05) is 48.4 Å². The first-order valence-electron chi connectivity index (χ1n) is 9.59. The summed E-state index contributed by atoms with van der Waals surface area (Å²) in [6.45, 7) is 6.85. The van der Waals surface area contributed by atoms with Crippen LogP contribution in [0, 0.1) is 13.8 Å². The molecule has 0 bridgehead atoms. The highest BCUT2D eigenvalue weighted by atomic mass is 32.2. The second kappa shape index (κ2) is 9.73. The first kappa shape index (κ1) is 20.4. The fourth-order valence-electron chi connectivity index (χ4n) is 3.36. The van der Waals surface area contributed by atoms with E-state index >= 15 is 0 Å². The molecule has 0 spiro atoms. The number of anilines is 2. The zero-order valence-corrected chi connectivity index (χ0v) is 17.6. The number of piperazine rings is 1. The van der Waals surface area contributed by atoms with Gasteiger partial charge in [0, 0.05) is 43.8 Å². The molecule has 0 aliphatic carbocycles. The Kier molecular flexibility index (Phi) is 7.08. The largest absolute Gasteiger partial charge is 0.353 e. The number of rotatable bonds is 7. The molecule has 1 aliphatic rings. The number of aryl methyl sites for hydroxylation is 2. The van der Waals surface area contributed by atoms with Crippen LogP contribution >= 0.6 is 11.8 Å². The molecule has 150 valence electrons. The van der Waals surface area contributed by atoms with Crippen molar-refractivity contribution in [3.63, 3.8) is 0 Å². The number of nitrogens with one attached hydrogen (secondary N) is 1. The number of nitrogens with zero attached hydrogens (tertiary/aromatic N) is 5. The van der Waals surface area contributed by atoms with Gasteiger partial charge in [0.15, 0.2) is 0 Å². The third-order valence-corrected chi connectivity index (χ3v) is 5.40. The minimum atomic E-state index is -0.310. The predicted molar refractivity (Wildman–Crippen MR) is 115 cm³/mol. The second-order valence-corrected chi connectivity index (χ2v) is 7.94. The van der Waals surface area contributed by atoms with Gasteiger partial charge in [-0.1, -0.05) is 6.07 Å². The molecule has 0 unspecified atom stereocenters. The summed E-state index contributed by atoms with van der Waals surface area (Å²) in [6, 6.07) is 7.54. The van der Waals surface area contributed by atoms with Gasteiger partial charge >= 0.3 is 0 Å². The molecule has 28 heavy (non-hydrogen) atoms. The second-order valence-electron chi connectivity index (χ2n) is 6.95. The van der Waals surface area contributed by atoms with Crippen molar-refractivity contribution in [1.29, 1.82) is 0 Å². The Hall–Kier alpha value is -2.35. The molecule has 1 fully saturated rings. The maximum Gasteiger partial charge on any atom is 0.245 e. The molecule has 1 aliphatic heterocycles. The summed E-state index contributed by atoms with van der Waals surface area (Å²) in [6.07, 6.45) is 4.61. The van der Waals surface area contributed by atoms with E-state index in [4.69, 9.17) is 0 Å². The monoisotopic (exact) mass is 400 g/mol. The van der Waals surface area contributed by atoms with E-state index < -0.39 is 0 Å². The van der Waals surface area contributed by atoms with E-state index in [0.29, 0.717) is 19.0 Å². The summed E-state index contributed by atoms with van der Waals surface area (Å²) in [5, 5.41) is 3.28. The molecule has 2 aromatic heterocycles. The van der Waals surface area contributed by atoms with Crippen LogP contribution < -0.4 is 10.2 Å². The highest BCUT2D eigenvalue weighted by molar-refractivity contribution is 7.98. The Balaban J connectivity index is 1.64. The Morgan fingerprint density at radius 2 is 1.89 bits per heavy atom. The SMILES string of the molecule is CSCC[C@@H](Nc1nc(C)cc(C)n1)C(=O)N1CCN(c2ccccn2)CC1. The summed E-state index contributed by atoms with van der Waals surface area (Å²) in [5.74, 6) is 2.53. The van der Waals surface area contributed by atoms with E-state index in [0.717, 1.165) is 42.5 Å². The Morgan fingerprint density at radius 3 is 2.50 bits per heavy atom. The number of thioether (sulfide) groups is 1. The third kappa shape index (κ3) is 5.34. The first-order valence-corrected chi connectivity index (χ1v) is 11.0. The van der Waals surface area contributed by atoms with E-state index in [2.05, 4.69) is 31.4 Å².